The third-order valence-electron chi connectivity index (χ3n) is 4.47. The number of esters is 1. The molecule has 1 aromatic rings. The normalized spacial score (nSPS) is 18.3. The molecular weight excluding hydrogens is 506 g/mol. The van der Waals surface area contributed by atoms with E-state index in [1.54, 1.807) is 41.5 Å². The number of nitrogens with zero attached hydrogens (tertiary/aromatic N) is 2. The number of amides is 3. The second-order valence-electron chi connectivity index (χ2n) is 10.7. The van der Waals surface area contributed by atoms with Gasteiger partial charge in [0.1, 0.15) is 22.9 Å². The smallest absolute Gasteiger partial charge is 0.413 e. The Morgan fingerprint density at radius 2 is 1.70 bits per heavy atom. The van der Waals surface area contributed by atoms with Crippen molar-refractivity contribution >= 4 is 46.1 Å². The van der Waals surface area contributed by atoms with Crippen molar-refractivity contribution in [3.05, 3.63) is 11.1 Å². The molecule has 37 heavy (non-hydrogen) atoms. The summed E-state index contributed by atoms with van der Waals surface area (Å²) in [5.41, 5.74) is -3.33. The Hall–Kier alpha value is -3.26. The fourth-order valence-corrected chi connectivity index (χ4v) is 3.45. The quantitative estimate of drug-likeness (QED) is 0.183. The number of aromatic nitrogens is 1. The number of nitrogens with one attached hydrogen (secondary N) is 3. The summed E-state index contributed by atoms with van der Waals surface area (Å²) in [6.07, 6.45) is -0.729. The molecule has 14 heteroatoms. The van der Waals surface area contributed by atoms with Crippen LogP contribution in [0.3, 0.4) is 0 Å². The van der Waals surface area contributed by atoms with Gasteiger partial charge in [0.15, 0.2) is 10.8 Å². The summed E-state index contributed by atoms with van der Waals surface area (Å²) in [4.78, 5) is 59.5. The van der Waals surface area contributed by atoms with E-state index in [-0.39, 0.29) is 23.1 Å². The van der Waals surface area contributed by atoms with Gasteiger partial charge in [-0.05, 0) is 55.4 Å². The van der Waals surface area contributed by atoms with E-state index >= 15 is 0 Å². The molecule has 1 aliphatic rings. The lowest BCUT2D eigenvalue weighted by molar-refractivity contribution is -0.179. The zero-order chi connectivity index (χ0) is 28.2. The summed E-state index contributed by atoms with van der Waals surface area (Å²) in [6, 6.07) is -1.30. The average Bonchev–Trinajstić information content (AvgIpc) is 3.17. The van der Waals surface area contributed by atoms with Crippen molar-refractivity contribution in [3.63, 3.8) is 0 Å². The van der Waals surface area contributed by atoms with Gasteiger partial charge in [0, 0.05) is 12.5 Å². The summed E-state index contributed by atoms with van der Waals surface area (Å²) >= 11 is 1.01. The molecule has 3 amide bonds. The molecule has 0 aromatic carbocycles. The van der Waals surface area contributed by atoms with Crippen molar-refractivity contribution in [2.45, 2.75) is 84.3 Å². The number of thiazole rings is 1. The highest BCUT2D eigenvalue weighted by Gasteiger charge is 2.42. The molecule has 0 bridgehead atoms. The van der Waals surface area contributed by atoms with Crippen LogP contribution in [-0.2, 0) is 33.4 Å². The van der Waals surface area contributed by atoms with E-state index in [2.05, 4.69) is 26.1 Å². The van der Waals surface area contributed by atoms with Gasteiger partial charge in [0.05, 0.1) is 12.6 Å². The summed E-state index contributed by atoms with van der Waals surface area (Å²) in [6.45, 7) is 13.3. The minimum Gasteiger partial charge on any atom is -0.457 e. The maximum Gasteiger partial charge on any atom is 0.413 e. The monoisotopic (exact) mass is 541 g/mol. The van der Waals surface area contributed by atoms with Crippen LogP contribution >= 0.6 is 11.3 Å². The first kappa shape index (κ1) is 30.0. The minimum atomic E-state index is -1.56. The van der Waals surface area contributed by atoms with E-state index in [9.17, 15) is 19.2 Å². The lowest BCUT2D eigenvalue weighted by Crippen LogP contribution is -2.71. The van der Waals surface area contributed by atoms with E-state index in [0.29, 0.717) is 0 Å². The predicted octanol–water partition coefficient (Wildman–Crippen LogP) is 1.96. The molecule has 3 N–H and O–H groups in total. The fourth-order valence-electron chi connectivity index (χ4n) is 2.77. The second-order valence-corrected chi connectivity index (χ2v) is 11.6. The molecule has 2 heterocycles. The molecule has 1 saturated heterocycles. The largest absolute Gasteiger partial charge is 0.457 e. The summed E-state index contributed by atoms with van der Waals surface area (Å²) < 4.78 is 15.6. The molecule has 2 rings (SSSR count). The molecule has 1 aliphatic heterocycles. The molecule has 0 saturated carbocycles. The summed E-state index contributed by atoms with van der Waals surface area (Å²) in [7, 11) is 1.47. The highest BCUT2D eigenvalue weighted by molar-refractivity contribution is 7.14. The molecule has 2 atom stereocenters. The lowest BCUT2D eigenvalue weighted by Gasteiger charge is -2.36. The van der Waals surface area contributed by atoms with Crippen molar-refractivity contribution in [2.75, 3.05) is 19.0 Å². The van der Waals surface area contributed by atoms with Crippen molar-refractivity contribution in [1.29, 1.82) is 0 Å². The Morgan fingerprint density at radius 1 is 1.08 bits per heavy atom. The van der Waals surface area contributed by atoms with Gasteiger partial charge in [-0.3, -0.25) is 14.9 Å². The van der Waals surface area contributed by atoms with Crippen LogP contribution in [0.25, 0.3) is 0 Å². The van der Waals surface area contributed by atoms with E-state index in [1.807, 2.05) is 0 Å². The summed E-state index contributed by atoms with van der Waals surface area (Å²) in [5.74, 6) is -1.88. The topological polar surface area (TPSA) is 167 Å². The van der Waals surface area contributed by atoms with E-state index in [0.717, 1.165) is 11.3 Å². The van der Waals surface area contributed by atoms with Gasteiger partial charge in [-0.15, -0.1) is 11.3 Å². The number of carbonyl (C=O) groups is 4. The molecule has 206 valence electrons. The molecule has 0 spiro atoms. The van der Waals surface area contributed by atoms with E-state index < -0.39 is 52.8 Å². The van der Waals surface area contributed by atoms with Gasteiger partial charge in [0.25, 0.3) is 5.91 Å². The third kappa shape index (κ3) is 8.97. The van der Waals surface area contributed by atoms with Crippen molar-refractivity contribution in [2.24, 2.45) is 5.16 Å². The first-order valence-electron chi connectivity index (χ1n) is 11.5. The number of carbonyl (C=O) groups excluding carboxylic acids is 4. The fraction of sp³-hybridized carbons (Fsp3) is 0.652. The lowest BCUT2D eigenvalue weighted by atomic mass is 9.99. The maximum absolute atomic E-state index is 13.2. The number of rotatable bonds is 9. The van der Waals surface area contributed by atoms with Crippen LogP contribution in [0.1, 0.15) is 61.1 Å². The highest BCUT2D eigenvalue weighted by Crippen LogP contribution is 2.21. The number of anilines is 1. The first-order chi connectivity index (χ1) is 16.9. The van der Waals surface area contributed by atoms with Gasteiger partial charge in [-0.25, -0.2) is 14.6 Å². The van der Waals surface area contributed by atoms with Gasteiger partial charge in [0.2, 0.25) is 11.5 Å². The number of hydrogen-bond donors (Lipinski definition) is 3. The number of methoxy groups -OCH3 is 1. The molecule has 0 aliphatic carbocycles. The Kier molecular flexibility index (Phi) is 9.25. The highest BCUT2D eigenvalue weighted by atomic mass is 32.1. The van der Waals surface area contributed by atoms with Gasteiger partial charge < -0.3 is 29.7 Å². The first-order valence-corrected chi connectivity index (χ1v) is 12.4. The van der Waals surface area contributed by atoms with Gasteiger partial charge in [-0.2, -0.15) is 0 Å². The van der Waals surface area contributed by atoms with Crippen LogP contribution in [0.4, 0.5) is 9.93 Å². The van der Waals surface area contributed by atoms with Crippen LogP contribution in [0.15, 0.2) is 10.5 Å². The Bertz CT molecular complexity index is 1050. The maximum atomic E-state index is 13.2. The average molecular weight is 542 g/mol. The van der Waals surface area contributed by atoms with Gasteiger partial charge in [-0.1, -0.05) is 5.16 Å². The van der Waals surface area contributed by atoms with Crippen molar-refractivity contribution in [1.82, 2.24) is 15.6 Å². The second kappa shape index (κ2) is 11.4. The zero-order valence-corrected chi connectivity index (χ0v) is 23.3. The predicted molar refractivity (Wildman–Crippen MR) is 135 cm³/mol. The van der Waals surface area contributed by atoms with Crippen LogP contribution in [0, 0.1) is 0 Å². The SMILES string of the molecule is COCC1NC(=O)C1NC(=O)C(=NOC(C)(C)C(=O)OC(C)(C)C)c1csc(NC(=O)OC(C)(C)C)n1. The van der Waals surface area contributed by atoms with Crippen LogP contribution in [0.5, 0.6) is 0 Å². The van der Waals surface area contributed by atoms with Crippen LogP contribution in [-0.4, -0.2) is 77.2 Å². The van der Waals surface area contributed by atoms with Crippen LogP contribution < -0.4 is 16.0 Å². The number of β-lactam (4-membered cyclic amide) rings is 1. The molecular formula is C23H35N5O8S. The summed E-state index contributed by atoms with van der Waals surface area (Å²) in [5, 5.41) is 13.2. The van der Waals surface area contributed by atoms with Crippen LogP contribution in [0.2, 0.25) is 0 Å². The minimum absolute atomic E-state index is 0.0385. The Morgan fingerprint density at radius 3 is 2.24 bits per heavy atom. The zero-order valence-electron chi connectivity index (χ0n) is 22.5. The third-order valence-corrected chi connectivity index (χ3v) is 5.23. The molecule has 2 unspecified atom stereocenters. The molecule has 13 nitrogen and oxygen atoms in total. The number of ether oxygens (including phenoxy) is 3. The molecule has 1 fully saturated rings. The van der Waals surface area contributed by atoms with Crippen molar-refractivity contribution < 1.29 is 38.2 Å². The molecule has 0 radical (unpaired) electrons. The Balaban J connectivity index is 2.30. The number of hydrogen-bond acceptors (Lipinski definition) is 11. The van der Waals surface area contributed by atoms with E-state index in [1.165, 1.54) is 26.3 Å². The molecule has 1 aromatic heterocycles. The standard InChI is InChI=1S/C23H35N5O8S/c1-21(2,3)34-18(31)23(7,8)36-28-15(17(30)26-14-12(10-33-9)24-16(14)29)13-11-37-19(25-13)27-20(32)35-22(4,5)6/h11-12,14H,10H2,1-9H3,(H,24,29)(H,26,30)(H,25,27,32). The van der Waals surface area contributed by atoms with E-state index in [4.69, 9.17) is 19.0 Å². The van der Waals surface area contributed by atoms with Crippen molar-refractivity contribution in [3.8, 4) is 0 Å². The number of oxime groups is 1. The van der Waals surface area contributed by atoms with Gasteiger partial charge >= 0.3 is 12.1 Å². The Labute approximate surface area is 219 Å².